The molecule has 2 aliphatic rings. The molecule has 108 valence electrons. The predicted molar refractivity (Wildman–Crippen MR) is 85.4 cm³/mol. The third-order valence-corrected chi connectivity index (χ3v) is 5.89. The van der Waals surface area contributed by atoms with Gasteiger partial charge >= 0.3 is 0 Å². The van der Waals surface area contributed by atoms with Crippen LogP contribution < -0.4 is 5.32 Å². The number of benzene rings is 1. The van der Waals surface area contributed by atoms with Gasteiger partial charge in [0, 0.05) is 35.8 Å². The molecule has 3 nitrogen and oxygen atoms in total. The zero-order valence-corrected chi connectivity index (χ0v) is 13.0. The molecule has 1 N–H and O–H groups in total. The average molecular weight is 290 g/mol. The zero-order chi connectivity index (χ0) is 14.1. The van der Waals surface area contributed by atoms with E-state index in [1.807, 2.05) is 23.9 Å². The van der Waals surface area contributed by atoms with Crippen LogP contribution in [-0.4, -0.2) is 40.9 Å². The smallest absolute Gasteiger partial charge is 0.230 e. The topological polar surface area (TPSA) is 32.3 Å². The molecule has 2 aliphatic heterocycles. The van der Waals surface area contributed by atoms with Crippen LogP contribution >= 0.6 is 11.8 Å². The molecule has 0 radical (unpaired) electrons. The van der Waals surface area contributed by atoms with Gasteiger partial charge < -0.3 is 10.2 Å². The Morgan fingerprint density at radius 3 is 3.00 bits per heavy atom. The van der Waals surface area contributed by atoms with Gasteiger partial charge in [-0.2, -0.15) is 11.8 Å². The average Bonchev–Trinajstić information content (AvgIpc) is 2.49. The summed E-state index contributed by atoms with van der Waals surface area (Å²) in [6.45, 7) is 6.19. The Balaban J connectivity index is 1.84. The van der Waals surface area contributed by atoms with Gasteiger partial charge in [-0.15, -0.1) is 0 Å². The van der Waals surface area contributed by atoms with Crippen LogP contribution in [0.4, 0.5) is 5.69 Å². The molecule has 2 heterocycles. The molecule has 3 unspecified atom stereocenters. The van der Waals surface area contributed by atoms with E-state index in [1.54, 1.807) is 0 Å². The highest BCUT2D eigenvalue weighted by atomic mass is 32.2. The summed E-state index contributed by atoms with van der Waals surface area (Å²) >= 11 is 1.97. The third kappa shape index (κ3) is 2.41. The van der Waals surface area contributed by atoms with Crippen molar-refractivity contribution in [2.75, 3.05) is 24.2 Å². The molecule has 0 aliphatic carbocycles. The predicted octanol–water partition coefficient (Wildman–Crippen LogP) is 2.94. The van der Waals surface area contributed by atoms with Crippen molar-refractivity contribution >= 4 is 23.4 Å². The molecule has 3 atom stereocenters. The summed E-state index contributed by atoms with van der Waals surface area (Å²) in [5.74, 6) is 1.41. The number of thioether (sulfide) groups is 1. The SMILES string of the molecule is CC1SCCN(C(=O)C2CCNc3ccccc32)C1C. The van der Waals surface area contributed by atoms with Gasteiger partial charge in [0.05, 0.1) is 5.92 Å². The Labute approximate surface area is 125 Å². The van der Waals surface area contributed by atoms with Crippen molar-refractivity contribution in [2.45, 2.75) is 37.5 Å². The van der Waals surface area contributed by atoms with E-state index in [1.165, 1.54) is 5.56 Å². The lowest BCUT2D eigenvalue weighted by Gasteiger charge is -2.40. The first-order valence-electron chi connectivity index (χ1n) is 7.43. The molecule has 0 aromatic heterocycles. The summed E-state index contributed by atoms with van der Waals surface area (Å²) in [6.07, 6.45) is 0.903. The molecule has 4 heteroatoms. The number of hydrogen-bond acceptors (Lipinski definition) is 3. The van der Waals surface area contributed by atoms with E-state index in [0.29, 0.717) is 17.2 Å². The first-order valence-corrected chi connectivity index (χ1v) is 8.48. The van der Waals surface area contributed by atoms with Crippen molar-refractivity contribution < 1.29 is 4.79 Å². The fourth-order valence-corrected chi connectivity index (χ4v) is 4.27. The van der Waals surface area contributed by atoms with Crippen molar-refractivity contribution in [3.8, 4) is 0 Å². The van der Waals surface area contributed by atoms with E-state index in [0.717, 1.165) is 31.0 Å². The van der Waals surface area contributed by atoms with Gasteiger partial charge in [0.2, 0.25) is 5.91 Å². The first kappa shape index (κ1) is 13.8. The Morgan fingerprint density at radius 1 is 1.35 bits per heavy atom. The van der Waals surface area contributed by atoms with Crippen molar-refractivity contribution in [1.29, 1.82) is 0 Å². The molecule has 0 saturated carbocycles. The monoisotopic (exact) mass is 290 g/mol. The Kier molecular flexibility index (Phi) is 3.92. The minimum absolute atomic E-state index is 0.0326. The molecule has 1 amide bonds. The summed E-state index contributed by atoms with van der Waals surface area (Å²) < 4.78 is 0. The second-order valence-corrected chi connectivity index (χ2v) is 7.19. The number of anilines is 1. The molecule has 1 aromatic carbocycles. The molecule has 20 heavy (non-hydrogen) atoms. The number of hydrogen-bond donors (Lipinski definition) is 1. The van der Waals surface area contributed by atoms with Gasteiger partial charge in [-0.05, 0) is 25.0 Å². The Bertz CT molecular complexity index is 505. The van der Waals surface area contributed by atoms with Crippen LogP contribution in [0, 0.1) is 0 Å². The summed E-state index contributed by atoms with van der Waals surface area (Å²) in [5.41, 5.74) is 2.30. The van der Waals surface area contributed by atoms with Gasteiger partial charge in [-0.25, -0.2) is 0 Å². The minimum atomic E-state index is 0.0326. The maximum absolute atomic E-state index is 13.0. The van der Waals surface area contributed by atoms with Crippen LogP contribution in [0.1, 0.15) is 31.7 Å². The van der Waals surface area contributed by atoms with Gasteiger partial charge in [0.15, 0.2) is 0 Å². The number of nitrogens with zero attached hydrogens (tertiary/aromatic N) is 1. The minimum Gasteiger partial charge on any atom is -0.385 e. The lowest BCUT2D eigenvalue weighted by Crippen LogP contribution is -2.50. The van der Waals surface area contributed by atoms with Gasteiger partial charge in [0.25, 0.3) is 0 Å². The lowest BCUT2D eigenvalue weighted by molar-refractivity contribution is -0.134. The van der Waals surface area contributed by atoms with E-state index in [-0.39, 0.29) is 5.92 Å². The summed E-state index contributed by atoms with van der Waals surface area (Å²) in [5, 5.41) is 3.93. The molecule has 1 fully saturated rings. The van der Waals surface area contributed by atoms with Crippen LogP contribution in [0.5, 0.6) is 0 Å². The second kappa shape index (κ2) is 5.68. The van der Waals surface area contributed by atoms with Gasteiger partial charge in [-0.1, -0.05) is 25.1 Å². The highest BCUT2D eigenvalue weighted by Crippen LogP contribution is 2.35. The van der Waals surface area contributed by atoms with E-state index in [4.69, 9.17) is 0 Å². The molecular formula is C16H22N2OS. The highest BCUT2D eigenvalue weighted by Gasteiger charge is 2.35. The van der Waals surface area contributed by atoms with E-state index >= 15 is 0 Å². The number of carbonyl (C=O) groups excluding carboxylic acids is 1. The highest BCUT2D eigenvalue weighted by molar-refractivity contribution is 8.00. The van der Waals surface area contributed by atoms with Gasteiger partial charge in [-0.3, -0.25) is 4.79 Å². The van der Waals surface area contributed by atoms with E-state index in [2.05, 4.69) is 36.2 Å². The van der Waals surface area contributed by atoms with Crippen molar-refractivity contribution in [2.24, 2.45) is 0 Å². The molecule has 1 saturated heterocycles. The number of rotatable bonds is 1. The summed E-state index contributed by atoms with van der Waals surface area (Å²) in [6, 6.07) is 8.57. The van der Waals surface area contributed by atoms with Crippen molar-refractivity contribution in [1.82, 2.24) is 4.90 Å². The fraction of sp³-hybridized carbons (Fsp3) is 0.562. The number of amides is 1. The maximum atomic E-state index is 13.0. The van der Waals surface area contributed by atoms with Crippen molar-refractivity contribution in [3.05, 3.63) is 29.8 Å². The van der Waals surface area contributed by atoms with Crippen LogP contribution in [0.2, 0.25) is 0 Å². The summed E-state index contributed by atoms with van der Waals surface area (Å²) in [7, 11) is 0. The lowest BCUT2D eigenvalue weighted by atomic mass is 9.89. The van der Waals surface area contributed by atoms with E-state index < -0.39 is 0 Å². The zero-order valence-electron chi connectivity index (χ0n) is 12.1. The standard InChI is InChI=1S/C16H22N2OS/c1-11-12(2)20-10-9-18(11)16(19)14-7-8-17-15-6-4-3-5-13(14)15/h3-6,11-12,14,17H,7-10H2,1-2H3. The largest absolute Gasteiger partial charge is 0.385 e. The molecule has 1 aromatic rings. The fourth-order valence-electron chi connectivity index (χ4n) is 3.17. The number of nitrogens with one attached hydrogen (secondary N) is 1. The number of carbonyl (C=O) groups is 1. The summed E-state index contributed by atoms with van der Waals surface area (Å²) in [4.78, 5) is 15.1. The number of fused-ring (bicyclic) bond motifs is 1. The molecule has 3 rings (SSSR count). The quantitative estimate of drug-likeness (QED) is 0.863. The molecular weight excluding hydrogens is 268 g/mol. The first-order chi connectivity index (χ1) is 9.68. The Morgan fingerprint density at radius 2 is 2.15 bits per heavy atom. The molecule has 0 spiro atoms. The van der Waals surface area contributed by atoms with Crippen LogP contribution in [0.3, 0.4) is 0 Å². The van der Waals surface area contributed by atoms with Crippen LogP contribution in [0.25, 0.3) is 0 Å². The van der Waals surface area contributed by atoms with E-state index in [9.17, 15) is 4.79 Å². The van der Waals surface area contributed by atoms with Crippen molar-refractivity contribution in [3.63, 3.8) is 0 Å². The van der Waals surface area contributed by atoms with Crippen LogP contribution in [0.15, 0.2) is 24.3 Å². The van der Waals surface area contributed by atoms with Gasteiger partial charge in [0.1, 0.15) is 0 Å². The third-order valence-electron chi connectivity index (χ3n) is 4.55. The second-order valence-electron chi connectivity index (χ2n) is 5.70. The Hall–Kier alpha value is -1.16. The normalized spacial score (nSPS) is 29.5. The maximum Gasteiger partial charge on any atom is 0.230 e. The number of para-hydroxylation sites is 1. The molecule has 0 bridgehead atoms. The van der Waals surface area contributed by atoms with Crippen LogP contribution in [-0.2, 0) is 4.79 Å².